The largest absolute Gasteiger partial charge is 0.266 e. The van der Waals surface area contributed by atoms with Gasteiger partial charge < -0.3 is 0 Å². The Balaban J connectivity index is 2.83. The van der Waals surface area contributed by atoms with Gasteiger partial charge in [0, 0.05) is 29.5 Å². The van der Waals surface area contributed by atoms with E-state index in [2.05, 4.69) is 51.6 Å². The zero-order valence-corrected chi connectivity index (χ0v) is 13.6. The van der Waals surface area contributed by atoms with Gasteiger partial charge >= 0.3 is 0 Å². The van der Waals surface area contributed by atoms with Crippen molar-refractivity contribution in [2.75, 3.05) is 0 Å². The topological polar surface area (TPSA) is 30.7 Å². The fourth-order valence-corrected chi connectivity index (χ4v) is 2.85. The molecule has 0 saturated heterocycles. The minimum atomic E-state index is -0.0720. The standard InChI is InChI=1S/C15H22ClN3/c1-14(2,3)12-9-8-17-13(15(4,5)6)10(16)11(9)19(7)18-12/h8H,1-7H3. The summed E-state index contributed by atoms with van der Waals surface area (Å²) in [6.45, 7) is 12.8. The molecule has 0 fully saturated rings. The van der Waals surface area contributed by atoms with Gasteiger partial charge in [0.15, 0.2) is 0 Å². The zero-order chi connectivity index (χ0) is 14.6. The fraction of sp³-hybridized carbons (Fsp3) is 0.600. The normalized spacial score (nSPS) is 13.3. The van der Waals surface area contributed by atoms with Crippen LogP contribution in [0.25, 0.3) is 10.9 Å². The van der Waals surface area contributed by atoms with Crippen LogP contribution in [0.5, 0.6) is 0 Å². The number of nitrogens with zero attached hydrogens (tertiary/aromatic N) is 3. The Morgan fingerprint density at radius 2 is 1.53 bits per heavy atom. The Labute approximate surface area is 120 Å². The van der Waals surface area contributed by atoms with E-state index in [9.17, 15) is 0 Å². The number of rotatable bonds is 0. The van der Waals surface area contributed by atoms with E-state index in [1.54, 1.807) is 0 Å². The number of aromatic nitrogens is 3. The van der Waals surface area contributed by atoms with Gasteiger partial charge in [-0.15, -0.1) is 0 Å². The SMILES string of the molecule is Cn1nc(C(C)(C)C)c2cnc(C(C)(C)C)c(Cl)c21. The molecule has 0 aromatic carbocycles. The van der Waals surface area contributed by atoms with Crippen LogP contribution in [0.4, 0.5) is 0 Å². The molecule has 0 aliphatic carbocycles. The molecule has 0 saturated carbocycles. The van der Waals surface area contributed by atoms with Crippen molar-refractivity contribution in [3.05, 3.63) is 22.6 Å². The summed E-state index contributed by atoms with van der Waals surface area (Å²) in [4.78, 5) is 4.58. The highest BCUT2D eigenvalue weighted by Crippen LogP contribution is 2.36. The van der Waals surface area contributed by atoms with Crippen LogP contribution in [0.1, 0.15) is 52.9 Å². The van der Waals surface area contributed by atoms with Crippen LogP contribution in [-0.2, 0) is 17.9 Å². The number of pyridine rings is 1. The van der Waals surface area contributed by atoms with E-state index in [0.717, 1.165) is 27.3 Å². The molecule has 0 aliphatic rings. The molecule has 0 atom stereocenters. The number of fused-ring (bicyclic) bond motifs is 1. The first-order valence-electron chi connectivity index (χ1n) is 6.55. The zero-order valence-electron chi connectivity index (χ0n) is 12.8. The van der Waals surface area contributed by atoms with Crippen molar-refractivity contribution in [3.63, 3.8) is 0 Å². The highest BCUT2D eigenvalue weighted by atomic mass is 35.5. The molecule has 2 heterocycles. The van der Waals surface area contributed by atoms with E-state index < -0.39 is 0 Å². The second-order valence-corrected chi connectivity index (χ2v) is 7.53. The molecule has 2 aromatic rings. The summed E-state index contributed by atoms with van der Waals surface area (Å²) in [6.07, 6.45) is 1.91. The van der Waals surface area contributed by atoms with Crippen LogP contribution in [-0.4, -0.2) is 14.8 Å². The van der Waals surface area contributed by atoms with Crippen molar-refractivity contribution in [1.29, 1.82) is 0 Å². The third-order valence-corrected chi connectivity index (χ3v) is 3.60. The second kappa shape index (κ2) is 4.20. The maximum atomic E-state index is 6.57. The van der Waals surface area contributed by atoms with E-state index in [1.165, 1.54) is 0 Å². The van der Waals surface area contributed by atoms with Crippen LogP contribution in [0.2, 0.25) is 5.02 Å². The summed E-state index contributed by atoms with van der Waals surface area (Å²) in [7, 11) is 1.94. The molecule has 0 unspecified atom stereocenters. The number of hydrogen-bond donors (Lipinski definition) is 0. The molecule has 19 heavy (non-hydrogen) atoms. The second-order valence-electron chi connectivity index (χ2n) is 7.16. The van der Waals surface area contributed by atoms with Crippen molar-refractivity contribution in [2.24, 2.45) is 7.05 Å². The van der Waals surface area contributed by atoms with Gasteiger partial charge in [-0.2, -0.15) is 5.10 Å². The lowest BCUT2D eigenvalue weighted by Gasteiger charge is -2.20. The van der Waals surface area contributed by atoms with Crippen molar-refractivity contribution >= 4 is 22.5 Å². The summed E-state index contributed by atoms with van der Waals surface area (Å²) in [5, 5.41) is 6.40. The fourth-order valence-electron chi connectivity index (χ4n) is 2.30. The van der Waals surface area contributed by atoms with Gasteiger partial charge in [0.25, 0.3) is 0 Å². The van der Waals surface area contributed by atoms with Gasteiger partial charge in [0.05, 0.1) is 21.9 Å². The first-order chi connectivity index (χ1) is 8.53. The molecule has 0 spiro atoms. The summed E-state index contributed by atoms with van der Waals surface area (Å²) in [6, 6.07) is 0. The Morgan fingerprint density at radius 3 is 2.00 bits per heavy atom. The predicted octanol–water partition coefficient (Wildman–Crippen LogP) is 4.22. The lowest BCUT2D eigenvalue weighted by atomic mass is 9.88. The Bertz CT molecular complexity index is 627. The number of hydrogen-bond acceptors (Lipinski definition) is 2. The Morgan fingerprint density at radius 1 is 1.00 bits per heavy atom. The average Bonchev–Trinajstić information content (AvgIpc) is 2.54. The Hall–Kier alpha value is -1.09. The molecule has 4 heteroatoms. The first-order valence-corrected chi connectivity index (χ1v) is 6.93. The van der Waals surface area contributed by atoms with Crippen molar-refractivity contribution < 1.29 is 0 Å². The van der Waals surface area contributed by atoms with E-state index in [1.807, 2.05) is 17.9 Å². The van der Waals surface area contributed by atoms with Crippen molar-refractivity contribution in [1.82, 2.24) is 14.8 Å². The van der Waals surface area contributed by atoms with Gasteiger partial charge in [-0.05, 0) is 0 Å². The molecule has 2 aromatic heterocycles. The maximum Gasteiger partial charge on any atom is 0.0902 e. The summed E-state index contributed by atoms with van der Waals surface area (Å²) in [5.74, 6) is 0. The number of halogens is 1. The average molecular weight is 280 g/mol. The van der Waals surface area contributed by atoms with Gasteiger partial charge in [-0.3, -0.25) is 9.67 Å². The van der Waals surface area contributed by atoms with Gasteiger partial charge in [-0.25, -0.2) is 0 Å². The third-order valence-electron chi connectivity index (χ3n) is 3.24. The lowest BCUT2D eigenvalue weighted by Crippen LogP contribution is -2.15. The van der Waals surface area contributed by atoms with Crippen LogP contribution in [0, 0.1) is 0 Å². The molecule has 0 amide bonds. The van der Waals surface area contributed by atoms with Crippen molar-refractivity contribution in [3.8, 4) is 0 Å². The Kier molecular flexibility index (Phi) is 3.17. The molecule has 3 nitrogen and oxygen atoms in total. The molecule has 0 radical (unpaired) electrons. The first kappa shape index (κ1) is 14.3. The monoisotopic (exact) mass is 279 g/mol. The minimum Gasteiger partial charge on any atom is -0.266 e. The quantitative estimate of drug-likeness (QED) is 0.723. The molecule has 0 N–H and O–H groups in total. The molecule has 2 rings (SSSR count). The van der Waals surface area contributed by atoms with Gasteiger partial charge in [-0.1, -0.05) is 53.1 Å². The lowest BCUT2D eigenvalue weighted by molar-refractivity contribution is 0.558. The van der Waals surface area contributed by atoms with Crippen LogP contribution in [0.15, 0.2) is 6.20 Å². The van der Waals surface area contributed by atoms with Crippen LogP contribution in [0.3, 0.4) is 0 Å². The molecule has 0 bridgehead atoms. The predicted molar refractivity (Wildman–Crippen MR) is 80.9 cm³/mol. The summed E-state index contributed by atoms with van der Waals surface area (Å²) >= 11 is 6.57. The maximum absolute atomic E-state index is 6.57. The molecule has 0 aliphatic heterocycles. The summed E-state index contributed by atoms with van der Waals surface area (Å²) < 4.78 is 1.87. The van der Waals surface area contributed by atoms with Crippen molar-refractivity contribution in [2.45, 2.75) is 52.4 Å². The van der Waals surface area contributed by atoms with Gasteiger partial charge in [0.1, 0.15) is 0 Å². The molecular weight excluding hydrogens is 258 g/mol. The highest BCUT2D eigenvalue weighted by Gasteiger charge is 2.27. The van der Waals surface area contributed by atoms with E-state index in [4.69, 9.17) is 11.6 Å². The van der Waals surface area contributed by atoms with E-state index >= 15 is 0 Å². The van der Waals surface area contributed by atoms with Gasteiger partial charge in [0.2, 0.25) is 0 Å². The molecule has 104 valence electrons. The van der Waals surface area contributed by atoms with E-state index in [-0.39, 0.29) is 10.8 Å². The third kappa shape index (κ3) is 2.36. The van der Waals surface area contributed by atoms with E-state index in [0.29, 0.717) is 0 Å². The highest BCUT2D eigenvalue weighted by molar-refractivity contribution is 6.35. The number of aryl methyl sites for hydroxylation is 1. The van der Waals surface area contributed by atoms with Crippen LogP contribution >= 0.6 is 11.6 Å². The smallest absolute Gasteiger partial charge is 0.0902 e. The minimum absolute atomic E-state index is 0.0201. The van der Waals surface area contributed by atoms with Crippen LogP contribution < -0.4 is 0 Å². The molecular formula is C15H22ClN3. The summed E-state index contributed by atoms with van der Waals surface area (Å²) in [5.41, 5.74) is 2.85.